The third-order valence-electron chi connectivity index (χ3n) is 5.61. The number of Topliss-reactive ketones (excluding diaryl/α,β-unsaturated/α-hetero) is 1. The molecular weight excluding hydrogens is 535 g/mol. The van der Waals surface area contributed by atoms with Crippen molar-refractivity contribution in [3.8, 4) is 5.75 Å². The summed E-state index contributed by atoms with van der Waals surface area (Å²) in [6, 6.07) is 16.7. The molecule has 1 aliphatic heterocycles. The molecule has 0 saturated carbocycles. The monoisotopic (exact) mass is 552 g/mol. The van der Waals surface area contributed by atoms with Crippen molar-refractivity contribution in [1.29, 1.82) is 0 Å². The lowest BCUT2D eigenvalue weighted by molar-refractivity contribution is -0.132. The van der Waals surface area contributed by atoms with Gasteiger partial charge in [0.25, 0.3) is 5.78 Å². The fraction of sp³-hybridized carbons (Fsp3) is 0.115. The van der Waals surface area contributed by atoms with Gasteiger partial charge >= 0.3 is 5.91 Å². The summed E-state index contributed by atoms with van der Waals surface area (Å²) in [6.45, 7) is 2.40. The van der Waals surface area contributed by atoms with Crippen LogP contribution in [0.4, 0.5) is 9.52 Å². The number of thiazole rings is 1. The molecular formula is C26H18BrFN2O4S. The minimum Gasteiger partial charge on any atom is -0.507 e. The van der Waals surface area contributed by atoms with Crippen LogP contribution in [-0.2, 0) is 9.59 Å². The van der Waals surface area contributed by atoms with Gasteiger partial charge in [-0.15, -0.1) is 0 Å². The molecule has 1 amide bonds. The maximum atomic E-state index is 13.5. The van der Waals surface area contributed by atoms with E-state index in [1.165, 1.54) is 40.5 Å². The second kappa shape index (κ2) is 9.24. The maximum absolute atomic E-state index is 13.5. The Labute approximate surface area is 212 Å². The summed E-state index contributed by atoms with van der Waals surface area (Å²) in [4.78, 5) is 32.5. The van der Waals surface area contributed by atoms with Gasteiger partial charge < -0.3 is 9.84 Å². The topological polar surface area (TPSA) is 79.7 Å². The largest absolute Gasteiger partial charge is 0.507 e. The molecule has 0 aliphatic carbocycles. The first-order valence-electron chi connectivity index (χ1n) is 10.7. The first-order chi connectivity index (χ1) is 16.9. The highest BCUT2D eigenvalue weighted by Gasteiger charge is 2.48. The molecule has 4 aromatic rings. The highest BCUT2D eigenvalue weighted by atomic mass is 79.9. The van der Waals surface area contributed by atoms with Gasteiger partial charge in [-0.2, -0.15) is 0 Å². The van der Waals surface area contributed by atoms with Crippen LogP contribution < -0.4 is 9.64 Å². The molecule has 1 aromatic heterocycles. The first-order valence-corrected chi connectivity index (χ1v) is 12.3. The van der Waals surface area contributed by atoms with Crippen molar-refractivity contribution in [1.82, 2.24) is 4.98 Å². The Morgan fingerprint density at radius 1 is 1.11 bits per heavy atom. The fourth-order valence-electron chi connectivity index (χ4n) is 4.01. The number of fused-ring (bicyclic) bond motifs is 1. The number of aliphatic hydroxyl groups excluding tert-OH is 1. The van der Waals surface area contributed by atoms with Crippen LogP contribution in [0.3, 0.4) is 0 Å². The van der Waals surface area contributed by atoms with Gasteiger partial charge in [-0.25, -0.2) is 9.37 Å². The minimum absolute atomic E-state index is 0.0850. The number of hydrogen-bond donors (Lipinski definition) is 1. The quantitative estimate of drug-likeness (QED) is 0.180. The molecule has 5 rings (SSSR count). The van der Waals surface area contributed by atoms with E-state index in [9.17, 15) is 19.1 Å². The summed E-state index contributed by atoms with van der Waals surface area (Å²) in [5.74, 6) is -1.82. The Bertz CT molecular complexity index is 1480. The Morgan fingerprint density at radius 2 is 1.83 bits per heavy atom. The lowest BCUT2D eigenvalue weighted by Crippen LogP contribution is -2.29. The number of hydrogen-bond acceptors (Lipinski definition) is 6. The standard InChI is InChI=1S/C26H18BrFN2O4S/c1-2-34-18-11-12-19-20(13-18)35-26(29-19)30-22(14-3-7-16(27)8-4-14)21(24(32)25(30)33)23(31)15-5-9-17(28)10-6-15/h3-13,22,31H,2H2,1H3. The number of rotatable bonds is 5. The number of ketones is 1. The number of carbonyl (C=O) groups is 2. The van der Waals surface area contributed by atoms with E-state index in [0.717, 1.165) is 9.17 Å². The predicted molar refractivity (Wildman–Crippen MR) is 136 cm³/mol. The lowest BCUT2D eigenvalue weighted by atomic mass is 9.95. The van der Waals surface area contributed by atoms with Crippen LogP contribution in [0.1, 0.15) is 24.1 Å². The van der Waals surface area contributed by atoms with Gasteiger partial charge in [0, 0.05) is 10.0 Å². The number of aliphatic hydroxyl groups is 1. The van der Waals surface area contributed by atoms with E-state index in [1.807, 2.05) is 13.0 Å². The third kappa shape index (κ3) is 4.21. The summed E-state index contributed by atoms with van der Waals surface area (Å²) < 4.78 is 20.6. The van der Waals surface area contributed by atoms with Crippen LogP contribution >= 0.6 is 27.3 Å². The zero-order valence-electron chi connectivity index (χ0n) is 18.4. The SMILES string of the molecule is CCOc1ccc2nc(N3C(=O)C(=O)C(=C(O)c4ccc(F)cc4)C3c3ccc(Br)cc3)sc2c1. The normalized spacial score (nSPS) is 17.3. The van der Waals surface area contributed by atoms with Crippen molar-refractivity contribution >= 4 is 60.1 Å². The zero-order chi connectivity index (χ0) is 24.7. The van der Waals surface area contributed by atoms with E-state index < -0.39 is 23.5 Å². The smallest absolute Gasteiger partial charge is 0.301 e. The number of ether oxygens (including phenoxy) is 1. The van der Waals surface area contributed by atoms with Crippen LogP contribution in [0.5, 0.6) is 5.75 Å². The van der Waals surface area contributed by atoms with E-state index in [1.54, 1.807) is 36.4 Å². The molecule has 3 aromatic carbocycles. The molecule has 0 radical (unpaired) electrons. The van der Waals surface area contributed by atoms with E-state index >= 15 is 0 Å². The number of carbonyl (C=O) groups excluding carboxylic acids is 2. The highest BCUT2D eigenvalue weighted by Crippen LogP contribution is 2.44. The maximum Gasteiger partial charge on any atom is 0.301 e. The van der Waals surface area contributed by atoms with Gasteiger partial charge in [0.2, 0.25) is 0 Å². The third-order valence-corrected chi connectivity index (χ3v) is 7.16. The Hall–Kier alpha value is -3.56. The second-order valence-corrected chi connectivity index (χ2v) is 9.71. The van der Waals surface area contributed by atoms with Gasteiger partial charge in [0.15, 0.2) is 5.13 Å². The van der Waals surface area contributed by atoms with Crippen molar-refractivity contribution < 1.29 is 23.8 Å². The van der Waals surface area contributed by atoms with E-state index in [0.29, 0.717) is 28.6 Å². The molecule has 9 heteroatoms. The van der Waals surface area contributed by atoms with Gasteiger partial charge in [-0.1, -0.05) is 39.4 Å². The summed E-state index contributed by atoms with van der Waals surface area (Å²) in [5, 5.41) is 11.4. The molecule has 2 heterocycles. The second-order valence-electron chi connectivity index (χ2n) is 7.79. The van der Waals surface area contributed by atoms with Crippen molar-refractivity contribution in [2.75, 3.05) is 11.5 Å². The Morgan fingerprint density at radius 3 is 2.51 bits per heavy atom. The lowest BCUT2D eigenvalue weighted by Gasteiger charge is -2.23. The number of halogens is 2. The van der Waals surface area contributed by atoms with Crippen LogP contribution in [0, 0.1) is 5.82 Å². The Kier molecular flexibility index (Phi) is 6.12. The summed E-state index contributed by atoms with van der Waals surface area (Å²) in [7, 11) is 0. The van der Waals surface area contributed by atoms with Crippen molar-refractivity contribution in [3.63, 3.8) is 0 Å². The molecule has 1 atom stereocenters. The minimum atomic E-state index is -0.917. The first kappa shape index (κ1) is 23.2. The number of nitrogens with zero attached hydrogens (tertiary/aromatic N) is 2. The average Bonchev–Trinajstić information content (AvgIpc) is 3.38. The van der Waals surface area contributed by atoms with Gasteiger partial charge in [0.05, 0.1) is 28.4 Å². The van der Waals surface area contributed by atoms with Crippen LogP contribution in [-0.4, -0.2) is 28.4 Å². The number of aromatic nitrogens is 1. The highest BCUT2D eigenvalue weighted by molar-refractivity contribution is 9.10. The van der Waals surface area contributed by atoms with Gasteiger partial charge in [-0.05, 0) is 67.1 Å². The Balaban J connectivity index is 1.69. The van der Waals surface area contributed by atoms with Crippen molar-refractivity contribution in [2.24, 2.45) is 0 Å². The van der Waals surface area contributed by atoms with E-state index in [-0.39, 0.29) is 16.9 Å². The summed E-state index contributed by atoms with van der Waals surface area (Å²) in [5.41, 5.74) is 1.42. The number of anilines is 1. The number of benzene rings is 3. The van der Waals surface area contributed by atoms with E-state index in [4.69, 9.17) is 4.74 Å². The van der Waals surface area contributed by atoms with Crippen molar-refractivity contribution in [3.05, 3.63) is 93.7 Å². The molecule has 35 heavy (non-hydrogen) atoms. The molecule has 1 unspecified atom stereocenters. The van der Waals surface area contributed by atoms with Gasteiger partial charge in [0.1, 0.15) is 17.3 Å². The molecule has 1 saturated heterocycles. The molecule has 1 aliphatic rings. The van der Waals surface area contributed by atoms with Crippen LogP contribution in [0.25, 0.3) is 16.0 Å². The van der Waals surface area contributed by atoms with Crippen LogP contribution in [0.15, 0.2) is 76.8 Å². The van der Waals surface area contributed by atoms with E-state index in [2.05, 4.69) is 20.9 Å². The zero-order valence-corrected chi connectivity index (χ0v) is 20.8. The van der Waals surface area contributed by atoms with Gasteiger partial charge in [-0.3, -0.25) is 14.5 Å². The average molecular weight is 553 g/mol. The molecule has 1 fully saturated rings. The fourth-order valence-corrected chi connectivity index (χ4v) is 5.29. The number of amides is 1. The molecule has 0 spiro atoms. The molecule has 176 valence electrons. The molecule has 0 bridgehead atoms. The van der Waals surface area contributed by atoms with Crippen LogP contribution in [0.2, 0.25) is 0 Å². The van der Waals surface area contributed by atoms with Crippen molar-refractivity contribution in [2.45, 2.75) is 13.0 Å². The predicted octanol–water partition coefficient (Wildman–Crippen LogP) is 6.22. The summed E-state index contributed by atoms with van der Waals surface area (Å²) in [6.07, 6.45) is 0. The molecule has 6 nitrogen and oxygen atoms in total. The summed E-state index contributed by atoms with van der Waals surface area (Å²) >= 11 is 4.65. The molecule has 1 N–H and O–H groups in total.